The summed E-state index contributed by atoms with van der Waals surface area (Å²) in [6.07, 6.45) is 22.4. The molecule has 0 radical (unpaired) electrons. The molecule has 41 heavy (non-hydrogen) atoms. The van der Waals surface area contributed by atoms with Crippen molar-refractivity contribution in [1.82, 2.24) is 0 Å². The maximum absolute atomic E-state index is 9.92. The number of hydrogen-bond donors (Lipinski definition) is 0. The Labute approximate surface area is 264 Å². The molecule has 0 aliphatic heterocycles. The van der Waals surface area contributed by atoms with Crippen LogP contribution < -0.4 is 20.4 Å². The normalized spacial score (nSPS) is 9.46. The number of carbonyl (C=O) groups excluding carboxylic acids is 4. The summed E-state index contributed by atoms with van der Waals surface area (Å²) in [4.78, 5) is 39.7. The van der Waals surface area contributed by atoms with Gasteiger partial charge in [-0.25, -0.2) is 0 Å². The molecule has 0 aliphatic carbocycles. The summed E-state index contributed by atoms with van der Waals surface area (Å²) in [5, 5.41) is 39.7. The second-order valence-electron chi connectivity index (χ2n) is 10.1. The fraction of sp³-hybridized carbons (Fsp3) is 0.875. The third kappa shape index (κ3) is 73.0. The molecule has 0 rings (SSSR count). The molecule has 0 amide bonds. The van der Waals surface area contributed by atoms with Gasteiger partial charge < -0.3 is 39.6 Å². The van der Waals surface area contributed by atoms with Gasteiger partial charge in [-0.1, -0.05) is 130 Å². The molecule has 0 saturated heterocycles. The molecular formula is C32H60O8Zn. The quantitative estimate of drug-likeness (QED) is 0.111. The van der Waals surface area contributed by atoms with Gasteiger partial charge in [-0.15, -0.1) is 0 Å². The molecule has 8 nitrogen and oxygen atoms in total. The third-order valence-corrected chi connectivity index (χ3v) is 5.94. The zero-order valence-corrected chi connectivity index (χ0v) is 29.9. The van der Waals surface area contributed by atoms with Gasteiger partial charge in [0.05, 0.1) is 0 Å². The van der Waals surface area contributed by atoms with Crippen molar-refractivity contribution in [3.63, 3.8) is 0 Å². The smallest absolute Gasteiger partial charge is 0.550 e. The van der Waals surface area contributed by atoms with Crippen molar-refractivity contribution in [2.24, 2.45) is 0 Å². The van der Waals surface area contributed by atoms with Crippen molar-refractivity contribution in [3.05, 3.63) is 0 Å². The SMILES string of the molecule is CCCCCCCC(=O)[O-].CCCCCCCC(=O)[O-].CCCCCCCC(=O)[O-].CCCCCCCC(=O)[O-].[Zn+4]. The minimum absolute atomic E-state index is 0. The zero-order valence-electron chi connectivity index (χ0n) is 26.9. The summed E-state index contributed by atoms with van der Waals surface area (Å²) in [6, 6.07) is 0. The maximum Gasteiger partial charge on any atom is 4.00 e. The molecule has 0 aliphatic rings. The van der Waals surface area contributed by atoms with Gasteiger partial charge >= 0.3 is 19.5 Å². The van der Waals surface area contributed by atoms with Gasteiger partial charge in [0.1, 0.15) is 0 Å². The number of rotatable bonds is 24. The Morgan fingerprint density at radius 2 is 0.463 bits per heavy atom. The maximum atomic E-state index is 9.92. The molecule has 0 aromatic rings. The molecule has 0 N–H and O–H groups in total. The van der Waals surface area contributed by atoms with Crippen LogP contribution in [0.5, 0.6) is 0 Å². The Kier molecular flexibility index (Phi) is 54.6. The fourth-order valence-corrected chi connectivity index (χ4v) is 3.49. The molecular weight excluding hydrogens is 578 g/mol. The van der Waals surface area contributed by atoms with E-state index >= 15 is 0 Å². The fourth-order valence-electron chi connectivity index (χ4n) is 3.49. The van der Waals surface area contributed by atoms with Crippen LogP contribution in [-0.4, -0.2) is 23.9 Å². The van der Waals surface area contributed by atoms with Gasteiger partial charge in [0.25, 0.3) is 0 Å². The van der Waals surface area contributed by atoms with Crippen molar-refractivity contribution >= 4 is 23.9 Å². The first-order valence-electron chi connectivity index (χ1n) is 15.9. The van der Waals surface area contributed by atoms with E-state index in [-0.39, 0.29) is 45.2 Å². The van der Waals surface area contributed by atoms with Crippen LogP contribution in [0.1, 0.15) is 182 Å². The van der Waals surface area contributed by atoms with Crippen LogP contribution in [0.15, 0.2) is 0 Å². The number of unbranched alkanes of at least 4 members (excludes halogenated alkanes) is 16. The van der Waals surface area contributed by atoms with Crippen molar-refractivity contribution in [2.75, 3.05) is 0 Å². The van der Waals surface area contributed by atoms with E-state index in [1.165, 1.54) is 51.4 Å². The van der Waals surface area contributed by atoms with Gasteiger partial charge in [0, 0.05) is 23.9 Å². The Bertz CT molecular complexity index is 460. The molecule has 0 bridgehead atoms. The Balaban J connectivity index is -0.000000139. The molecule has 9 heteroatoms. The molecule has 238 valence electrons. The Morgan fingerprint density at radius 1 is 0.317 bits per heavy atom. The van der Waals surface area contributed by atoms with Crippen LogP contribution in [0.2, 0.25) is 0 Å². The number of aliphatic carboxylic acids is 4. The Morgan fingerprint density at radius 3 is 0.585 bits per heavy atom. The molecule has 0 aromatic carbocycles. The van der Waals surface area contributed by atoms with Crippen molar-refractivity contribution in [3.8, 4) is 0 Å². The van der Waals surface area contributed by atoms with E-state index < -0.39 is 23.9 Å². The molecule has 0 saturated carbocycles. The second kappa shape index (κ2) is 45.5. The van der Waals surface area contributed by atoms with Crippen LogP contribution in [0, 0.1) is 0 Å². The molecule has 0 unspecified atom stereocenters. The predicted octanol–water partition coefficient (Wildman–Crippen LogP) is 4.38. The van der Waals surface area contributed by atoms with E-state index in [0.29, 0.717) is 0 Å². The molecule has 0 heterocycles. The van der Waals surface area contributed by atoms with Gasteiger partial charge in [-0.3, -0.25) is 0 Å². The summed E-state index contributed by atoms with van der Waals surface area (Å²) in [7, 11) is 0. The summed E-state index contributed by atoms with van der Waals surface area (Å²) in [5.41, 5.74) is 0. The largest absolute Gasteiger partial charge is 4.00 e. The van der Waals surface area contributed by atoms with Crippen LogP contribution in [0.3, 0.4) is 0 Å². The third-order valence-electron chi connectivity index (χ3n) is 5.94. The number of carboxylic acids is 4. The monoisotopic (exact) mass is 636 g/mol. The first-order chi connectivity index (χ1) is 19.1. The predicted molar refractivity (Wildman–Crippen MR) is 154 cm³/mol. The van der Waals surface area contributed by atoms with E-state index in [1.807, 2.05) is 0 Å². The van der Waals surface area contributed by atoms with Gasteiger partial charge in [-0.2, -0.15) is 0 Å². The number of hydrogen-bond acceptors (Lipinski definition) is 8. The van der Waals surface area contributed by atoms with Crippen LogP contribution in [0.25, 0.3) is 0 Å². The minimum atomic E-state index is -0.920. The van der Waals surface area contributed by atoms with Gasteiger partial charge in [0.2, 0.25) is 0 Å². The zero-order chi connectivity index (χ0) is 31.3. The summed E-state index contributed by atoms with van der Waals surface area (Å²) >= 11 is 0. The average molecular weight is 638 g/mol. The van der Waals surface area contributed by atoms with Gasteiger partial charge in [0.15, 0.2) is 0 Å². The van der Waals surface area contributed by atoms with Crippen LogP contribution in [0.4, 0.5) is 0 Å². The van der Waals surface area contributed by atoms with Crippen LogP contribution >= 0.6 is 0 Å². The van der Waals surface area contributed by atoms with E-state index in [9.17, 15) is 39.6 Å². The molecule has 0 fully saturated rings. The first-order valence-corrected chi connectivity index (χ1v) is 15.9. The number of carbonyl (C=O) groups is 4. The summed E-state index contributed by atoms with van der Waals surface area (Å²) in [5.74, 6) is -3.68. The van der Waals surface area contributed by atoms with E-state index in [1.54, 1.807) is 0 Å². The Hall–Kier alpha value is -1.50. The van der Waals surface area contributed by atoms with Crippen molar-refractivity contribution in [2.45, 2.75) is 182 Å². The van der Waals surface area contributed by atoms with E-state index in [2.05, 4.69) is 27.7 Å². The number of carboxylic acid groups (broad SMARTS) is 4. The van der Waals surface area contributed by atoms with E-state index in [0.717, 1.165) is 77.0 Å². The van der Waals surface area contributed by atoms with Gasteiger partial charge in [-0.05, 0) is 51.4 Å². The minimum Gasteiger partial charge on any atom is -0.550 e. The molecule has 0 spiro atoms. The van der Waals surface area contributed by atoms with Crippen molar-refractivity contribution in [1.29, 1.82) is 0 Å². The summed E-state index contributed by atoms with van der Waals surface area (Å²) < 4.78 is 0. The van der Waals surface area contributed by atoms with E-state index in [4.69, 9.17) is 0 Å². The average Bonchev–Trinajstić information content (AvgIpc) is 2.89. The second-order valence-corrected chi connectivity index (χ2v) is 10.1. The summed E-state index contributed by atoms with van der Waals surface area (Å²) in [6.45, 7) is 8.55. The standard InChI is InChI=1S/4C8H16O2.Zn/c4*1-2-3-4-5-6-7-8(9)10;/h4*2-7H2,1H3,(H,9,10);/q;;;;+4/p-4. The topological polar surface area (TPSA) is 161 Å². The van der Waals surface area contributed by atoms with Crippen LogP contribution in [-0.2, 0) is 38.7 Å². The first kappa shape index (κ1) is 49.2. The van der Waals surface area contributed by atoms with Crippen molar-refractivity contribution < 1.29 is 59.1 Å². The molecule has 0 atom stereocenters. The molecule has 0 aromatic heterocycles.